The number of methoxy groups -OCH3 is 3. The minimum Gasteiger partial charge on any atom is -0.493 e. The molecule has 8 nitrogen and oxygen atoms in total. The van der Waals surface area contributed by atoms with Crippen molar-refractivity contribution in [1.29, 1.82) is 0 Å². The molecule has 4 rings (SSSR count). The van der Waals surface area contributed by atoms with Gasteiger partial charge in [0.05, 0.1) is 40.6 Å². The maximum Gasteiger partial charge on any atom is 0.217 e. The number of ether oxygens (including phenoxy) is 5. The number of hydrogen-bond donors (Lipinski definition) is 2. The number of allylic oxidation sites excluding steroid dienone is 2. The summed E-state index contributed by atoms with van der Waals surface area (Å²) in [6.07, 6.45) is 4.85. The minimum atomic E-state index is -0.930. The smallest absolute Gasteiger partial charge is 0.217 e. The Bertz CT molecular complexity index is 1060. The van der Waals surface area contributed by atoms with Crippen LogP contribution in [0.3, 0.4) is 0 Å². The van der Waals surface area contributed by atoms with Gasteiger partial charge in [-0.2, -0.15) is 0 Å². The van der Waals surface area contributed by atoms with Gasteiger partial charge in [0.2, 0.25) is 11.7 Å². The van der Waals surface area contributed by atoms with Crippen molar-refractivity contribution < 1.29 is 33.6 Å². The first-order chi connectivity index (χ1) is 16.4. The number of nitrogens with one attached hydrogen (secondary N) is 1. The molecule has 184 valence electrons. The van der Waals surface area contributed by atoms with Crippen LogP contribution in [-0.4, -0.2) is 63.8 Å². The van der Waals surface area contributed by atoms with Gasteiger partial charge >= 0.3 is 0 Å². The van der Waals surface area contributed by atoms with E-state index >= 15 is 0 Å². The number of carbonyl (C=O) groups is 1. The molecule has 1 fully saturated rings. The van der Waals surface area contributed by atoms with Crippen LogP contribution in [0, 0.1) is 0 Å². The van der Waals surface area contributed by atoms with E-state index in [0.29, 0.717) is 52.6 Å². The van der Waals surface area contributed by atoms with Crippen LogP contribution in [0.5, 0.6) is 17.2 Å². The van der Waals surface area contributed by atoms with Crippen LogP contribution in [0.25, 0.3) is 5.57 Å². The predicted molar refractivity (Wildman–Crippen MR) is 135 cm³/mol. The second kappa shape index (κ2) is 10.6. The summed E-state index contributed by atoms with van der Waals surface area (Å²) in [5.74, 6) is 1.93. The lowest BCUT2D eigenvalue weighted by molar-refractivity contribution is -0.119. The number of aryl methyl sites for hydroxylation is 1. The summed E-state index contributed by atoms with van der Waals surface area (Å²) in [4.78, 5) is 12.1. The van der Waals surface area contributed by atoms with E-state index in [1.54, 1.807) is 21.3 Å². The van der Waals surface area contributed by atoms with Gasteiger partial charge in [0.1, 0.15) is 18.0 Å². The first-order valence-electron chi connectivity index (χ1n) is 11.2. The van der Waals surface area contributed by atoms with E-state index < -0.39 is 6.10 Å². The lowest BCUT2D eigenvalue weighted by atomic mass is 9.93. The molecule has 0 radical (unpaired) electrons. The van der Waals surface area contributed by atoms with Gasteiger partial charge in [-0.25, -0.2) is 0 Å². The van der Waals surface area contributed by atoms with Crippen molar-refractivity contribution in [1.82, 2.24) is 5.32 Å². The van der Waals surface area contributed by atoms with Crippen molar-refractivity contribution in [2.24, 2.45) is 0 Å². The van der Waals surface area contributed by atoms with Crippen LogP contribution in [0.4, 0.5) is 0 Å². The molecule has 0 aromatic heterocycles. The normalized spacial score (nSPS) is 24.1. The lowest BCUT2D eigenvalue weighted by Crippen LogP contribution is -2.34. The van der Waals surface area contributed by atoms with Gasteiger partial charge in [0.15, 0.2) is 11.5 Å². The summed E-state index contributed by atoms with van der Waals surface area (Å²) >= 11 is 2.14. The fourth-order valence-electron chi connectivity index (χ4n) is 4.70. The van der Waals surface area contributed by atoms with Crippen LogP contribution in [0.2, 0.25) is 0 Å². The largest absolute Gasteiger partial charge is 0.493 e. The molecule has 1 saturated heterocycles. The molecule has 34 heavy (non-hydrogen) atoms. The second-order valence-electron chi connectivity index (χ2n) is 8.42. The predicted octanol–water partition coefficient (Wildman–Crippen LogP) is 3.30. The molecule has 9 heteroatoms. The second-order valence-corrected chi connectivity index (χ2v) is 9.67. The number of hydrogen-bond acceptors (Lipinski definition) is 7. The zero-order valence-electron chi connectivity index (χ0n) is 19.8. The average Bonchev–Trinajstić information content (AvgIpc) is 3.25. The first-order valence-corrected chi connectivity index (χ1v) is 12.3. The SMILES string of the molecule is COc1cc2c(c(OC)c1OC)C1=C(C=C(O[C@H]3CCOC3)[C@H](O)C(I)=C1)[C@@H](NC(C)=O)CC2. The number of rotatable bonds is 6. The van der Waals surface area contributed by atoms with Gasteiger partial charge in [-0.15, -0.1) is 0 Å². The molecule has 1 aromatic rings. The minimum absolute atomic E-state index is 0.122. The lowest BCUT2D eigenvalue weighted by Gasteiger charge is -2.22. The third kappa shape index (κ3) is 4.78. The number of fused-ring (bicyclic) bond motifs is 2. The molecule has 2 aliphatic carbocycles. The highest BCUT2D eigenvalue weighted by Crippen LogP contribution is 2.49. The number of carbonyl (C=O) groups excluding carboxylic acids is 1. The molecule has 3 aliphatic rings. The van der Waals surface area contributed by atoms with E-state index in [0.717, 1.165) is 28.7 Å². The summed E-state index contributed by atoms with van der Waals surface area (Å²) in [5, 5.41) is 14.2. The monoisotopic (exact) mass is 583 g/mol. The quantitative estimate of drug-likeness (QED) is 0.497. The highest BCUT2D eigenvalue weighted by molar-refractivity contribution is 14.1. The van der Waals surface area contributed by atoms with Crippen LogP contribution in [-0.2, 0) is 20.7 Å². The number of amides is 1. The summed E-state index contributed by atoms with van der Waals surface area (Å²) in [7, 11) is 4.76. The summed E-state index contributed by atoms with van der Waals surface area (Å²) in [5.41, 5.74) is 3.55. The van der Waals surface area contributed by atoms with E-state index in [1.165, 1.54) is 6.92 Å². The van der Waals surface area contributed by atoms with E-state index in [9.17, 15) is 9.90 Å². The molecule has 1 aromatic carbocycles. The molecule has 0 unspecified atom stereocenters. The highest BCUT2D eigenvalue weighted by atomic mass is 127. The highest BCUT2D eigenvalue weighted by Gasteiger charge is 2.34. The standard InChI is InChI=1S/C25H30INO7/c1-13(28)27-19-6-5-14-9-21(30-2)24(31-3)25(32-4)22(14)17-10-18(26)23(29)20(11-16(17)19)34-15-7-8-33-12-15/h9-11,15,19,23,29H,5-8,12H2,1-4H3,(H,27,28)/t15-,19-,23+/m0/s1. The van der Waals surface area contributed by atoms with Crippen LogP contribution in [0.1, 0.15) is 30.9 Å². The Labute approximate surface area is 213 Å². The van der Waals surface area contributed by atoms with Crippen molar-refractivity contribution >= 4 is 34.1 Å². The third-order valence-electron chi connectivity index (χ3n) is 6.25. The Balaban J connectivity index is 1.97. The molecule has 3 atom stereocenters. The van der Waals surface area contributed by atoms with Gasteiger partial charge < -0.3 is 34.1 Å². The molecule has 1 amide bonds. The number of halogens is 1. The molecule has 2 N–H and O–H groups in total. The van der Waals surface area contributed by atoms with Crippen molar-refractivity contribution in [3.8, 4) is 17.2 Å². The Hall–Kier alpha value is -2.24. The fourth-order valence-corrected chi connectivity index (χ4v) is 5.32. The van der Waals surface area contributed by atoms with Crippen molar-refractivity contribution in [2.75, 3.05) is 34.5 Å². The molecular weight excluding hydrogens is 553 g/mol. The van der Waals surface area contributed by atoms with Gasteiger partial charge in [-0.05, 0) is 70.4 Å². The maximum atomic E-state index is 12.1. The van der Waals surface area contributed by atoms with Crippen LogP contribution in [0.15, 0.2) is 33.1 Å². The zero-order valence-corrected chi connectivity index (χ0v) is 21.9. The Morgan fingerprint density at radius 2 is 1.91 bits per heavy atom. The molecule has 0 saturated carbocycles. The van der Waals surface area contributed by atoms with Crippen molar-refractivity contribution in [3.05, 3.63) is 44.3 Å². The Kier molecular flexibility index (Phi) is 7.73. The molecule has 1 heterocycles. The fraction of sp³-hybridized carbons (Fsp3) is 0.480. The van der Waals surface area contributed by atoms with Crippen molar-refractivity contribution in [3.63, 3.8) is 0 Å². The van der Waals surface area contributed by atoms with Crippen LogP contribution >= 0.6 is 22.6 Å². The number of benzene rings is 1. The van der Waals surface area contributed by atoms with Gasteiger partial charge in [-0.3, -0.25) is 4.79 Å². The molecule has 0 spiro atoms. The average molecular weight is 583 g/mol. The zero-order chi connectivity index (χ0) is 24.4. The van der Waals surface area contributed by atoms with Gasteiger partial charge in [-0.1, -0.05) is 0 Å². The molecule has 0 bridgehead atoms. The topological polar surface area (TPSA) is 95.5 Å². The Morgan fingerprint density at radius 1 is 1.15 bits per heavy atom. The first kappa shape index (κ1) is 24.9. The summed E-state index contributed by atoms with van der Waals surface area (Å²) in [6.45, 7) is 2.63. The van der Waals surface area contributed by atoms with Crippen molar-refractivity contribution in [2.45, 2.75) is 44.4 Å². The summed E-state index contributed by atoms with van der Waals surface area (Å²) in [6, 6.07) is 1.67. The van der Waals surface area contributed by atoms with Crippen LogP contribution < -0.4 is 19.5 Å². The van der Waals surface area contributed by atoms with E-state index in [-0.39, 0.29) is 18.1 Å². The summed E-state index contributed by atoms with van der Waals surface area (Å²) < 4.78 is 29.4. The Morgan fingerprint density at radius 3 is 2.53 bits per heavy atom. The number of aliphatic hydroxyl groups excluding tert-OH is 1. The number of aliphatic hydroxyl groups is 1. The third-order valence-corrected chi connectivity index (χ3v) is 7.15. The van der Waals surface area contributed by atoms with E-state index in [1.807, 2.05) is 18.2 Å². The van der Waals surface area contributed by atoms with Gasteiger partial charge in [0, 0.05) is 22.5 Å². The van der Waals surface area contributed by atoms with Gasteiger partial charge in [0.25, 0.3) is 0 Å². The maximum absolute atomic E-state index is 12.1. The molecular formula is C25H30INO7. The van der Waals surface area contributed by atoms with E-state index in [4.69, 9.17) is 23.7 Å². The molecule has 1 aliphatic heterocycles. The van der Waals surface area contributed by atoms with E-state index in [2.05, 4.69) is 27.9 Å².